The highest BCUT2D eigenvalue weighted by molar-refractivity contribution is 6.76. The van der Waals surface area contributed by atoms with Crippen LogP contribution >= 0.6 is 0 Å². The van der Waals surface area contributed by atoms with E-state index in [1.54, 1.807) is 13.1 Å². The molecule has 14 heteroatoms. The summed E-state index contributed by atoms with van der Waals surface area (Å²) in [7, 11) is -0.952. The van der Waals surface area contributed by atoms with Crippen molar-refractivity contribution in [1.29, 1.82) is 0 Å². The zero-order chi connectivity index (χ0) is 35.3. The van der Waals surface area contributed by atoms with Crippen LogP contribution in [0.2, 0.25) is 51.4 Å². The number of ether oxygens (including phenoxy) is 3. The van der Waals surface area contributed by atoms with Gasteiger partial charge < -0.3 is 19.1 Å². The molecule has 3 atom stereocenters. The molecule has 0 bridgehead atoms. The molecule has 1 saturated heterocycles. The Morgan fingerprint density at radius 2 is 1.73 bits per heavy atom. The summed E-state index contributed by atoms with van der Waals surface area (Å²) < 4.78 is 37.8. The summed E-state index contributed by atoms with van der Waals surface area (Å²) in [5, 5.41) is 5.16. The van der Waals surface area contributed by atoms with Crippen molar-refractivity contribution in [1.82, 2.24) is 29.2 Å². The Kier molecular flexibility index (Phi) is 10.3. The first-order valence-corrected chi connectivity index (χ1v) is 25.4. The lowest BCUT2D eigenvalue weighted by Gasteiger charge is -2.33. The fourth-order valence-corrected chi connectivity index (χ4v) is 8.55. The molecule has 3 aromatic rings. The maximum absolute atomic E-state index is 16.0. The second-order valence-electron chi connectivity index (χ2n) is 17.1. The van der Waals surface area contributed by atoms with Gasteiger partial charge in [0.25, 0.3) is 0 Å². The van der Waals surface area contributed by atoms with Gasteiger partial charge in [0.1, 0.15) is 30.4 Å². The van der Waals surface area contributed by atoms with Gasteiger partial charge in [0.15, 0.2) is 11.5 Å². The zero-order valence-electron chi connectivity index (χ0n) is 31.1. The number of hydrogen-bond acceptors (Lipinski definition) is 8. The van der Waals surface area contributed by atoms with Crippen LogP contribution in [-0.4, -0.2) is 104 Å². The van der Waals surface area contributed by atoms with Crippen molar-refractivity contribution < 1.29 is 23.4 Å². The van der Waals surface area contributed by atoms with Gasteiger partial charge in [-0.3, -0.25) is 14.3 Å². The van der Waals surface area contributed by atoms with Gasteiger partial charge in [-0.1, -0.05) is 46.2 Å². The minimum absolute atomic E-state index is 0.102. The van der Waals surface area contributed by atoms with E-state index in [1.807, 2.05) is 16.2 Å². The van der Waals surface area contributed by atoms with Crippen LogP contribution < -0.4 is 4.90 Å². The van der Waals surface area contributed by atoms with Crippen LogP contribution in [0, 0.1) is 17.3 Å². The number of fused-ring (bicyclic) bond motifs is 3. The van der Waals surface area contributed by atoms with Crippen LogP contribution in [0.4, 0.5) is 10.1 Å². The van der Waals surface area contributed by atoms with Crippen molar-refractivity contribution in [3.05, 3.63) is 23.3 Å². The van der Waals surface area contributed by atoms with Crippen molar-refractivity contribution >= 4 is 38.9 Å². The Hall–Kier alpha value is -2.50. The average Bonchev–Trinajstić information content (AvgIpc) is 3.42. The number of nitrogens with zero attached hydrogens (tertiary/aromatic N) is 7. The van der Waals surface area contributed by atoms with E-state index in [4.69, 9.17) is 24.3 Å². The monoisotopic (exact) mass is 713 g/mol. The van der Waals surface area contributed by atoms with Gasteiger partial charge in [-0.25, -0.2) is 9.67 Å². The Morgan fingerprint density at radius 3 is 2.39 bits per heavy atom. The topological polar surface area (TPSA) is 99.8 Å². The fourth-order valence-electron chi connectivity index (χ4n) is 7.04. The summed E-state index contributed by atoms with van der Waals surface area (Å²) >= 11 is 0. The summed E-state index contributed by atoms with van der Waals surface area (Å²) in [4.78, 5) is 26.5. The molecule has 3 aliphatic rings. The molecule has 0 unspecified atom stereocenters. The number of hydrogen-bond donors (Lipinski definition) is 0. The third-order valence-electron chi connectivity index (χ3n) is 10.7. The predicted octanol–water partition coefficient (Wildman–Crippen LogP) is 5.87. The number of pyridine rings is 1. The maximum Gasteiger partial charge on any atom is 0.243 e. The lowest BCUT2D eigenvalue weighted by molar-refractivity contribution is -0.124. The quantitative estimate of drug-likeness (QED) is 0.116. The highest BCUT2D eigenvalue weighted by Gasteiger charge is 2.54. The third-order valence-corrected chi connectivity index (χ3v) is 14.1. The number of halogens is 1. The van der Waals surface area contributed by atoms with Gasteiger partial charge in [-0.05, 0) is 55.7 Å². The lowest BCUT2D eigenvalue weighted by Crippen LogP contribution is -2.50. The molecule has 2 fully saturated rings. The Morgan fingerprint density at radius 1 is 1.08 bits per heavy atom. The van der Waals surface area contributed by atoms with E-state index in [0.717, 1.165) is 30.6 Å². The molecule has 3 aromatic heterocycles. The number of morpholine rings is 1. The summed E-state index contributed by atoms with van der Waals surface area (Å²) in [5.74, 6) is 0.310. The number of imidazole rings is 1. The van der Waals surface area contributed by atoms with Gasteiger partial charge in [0.05, 0.1) is 19.3 Å². The zero-order valence-corrected chi connectivity index (χ0v) is 33.1. The number of amides is 1. The fraction of sp³-hybridized carbons (Fsp3) is 0.714. The summed E-state index contributed by atoms with van der Waals surface area (Å²) in [6, 6.07) is 3.32. The normalized spacial score (nSPS) is 21.9. The Balaban J connectivity index is 1.36. The number of anilines is 1. The van der Waals surface area contributed by atoms with Gasteiger partial charge in [0.2, 0.25) is 11.9 Å². The minimum Gasteiger partial charge on any atom is -0.379 e. The molecule has 49 heavy (non-hydrogen) atoms. The predicted molar refractivity (Wildman–Crippen MR) is 196 cm³/mol. The van der Waals surface area contributed by atoms with Crippen LogP contribution in [0.15, 0.2) is 6.07 Å². The largest absolute Gasteiger partial charge is 0.379 e. The number of likely N-dealkylation sites (N-methyl/N-ethyl adjacent to an activating group) is 1. The van der Waals surface area contributed by atoms with Gasteiger partial charge in [0, 0.05) is 60.8 Å². The molecule has 4 heterocycles. The molecule has 6 rings (SSSR count). The number of carbonyl (C=O) groups is 1. The van der Waals surface area contributed by atoms with Crippen molar-refractivity contribution in [3.63, 3.8) is 0 Å². The summed E-state index contributed by atoms with van der Waals surface area (Å²) in [5.41, 5.74) is 4.48. The molecule has 0 radical (unpaired) electrons. The smallest absolute Gasteiger partial charge is 0.243 e. The van der Waals surface area contributed by atoms with Crippen LogP contribution in [0.5, 0.6) is 0 Å². The molecule has 0 N–H and O–H groups in total. The molecule has 0 aromatic carbocycles. The first kappa shape index (κ1) is 36.3. The second kappa shape index (κ2) is 13.9. The van der Waals surface area contributed by atoms with E-state index < -0.39 is 28.1 Å². The lowest BCUT2D eigenvalue weighted by atomic mass is 9.87. The molecule has 1 saturated carbocycles. The summed E-state index contributed by atoms with van der Waals surface area (Å²) in [6.07, 6.45) is 3.09. The maximum atomic E-state index is 16.0. The third kappa shape index (κ3) is 8.04. The molecule has 1 amide bonds. The van der Waals surface area contributed by atoms with E-state index in [9.17, 15) is 4.79 Å². The molecule has 11 nitrogen and oxygen atoms in total. The summed E-state index contributed by atoms with van der Waals surface area (Å²) in [6.45, 7) is 22.6. The highest BCUT2D eigenvalue weighted by Crippen LogP contribution is 2.60. The minimum atomic E-state index is -1.33. The second-order valence-corrected chi connectivity index (χ2v) is 28.4. The van der Waals surface area contributed by atoms with Crippen molar-refractivity contribution in [2.45, 2.75) is 104 Å². The van der Waals surface area contributed by atoms with E-state index in [-0.39, 0.29) is 18.3 Å². The molecular formula is C35H56FN7O4Si2. The Labute approximate surface area is 292 Å². The Bertz CT molecular complexity index is 1680. The molecule has 1 aliphatic heterocycles. The SMILES string of the molecule is C[C@@H](C(=O)N(C)c1cc2nc(-c3nn(COCC[Si](C)(C)C)c4c3C[C@@H]3C[C@]3(C)C4)n(COCC[Si](C)(C)C)c2nc1F)N1CCOCC1. The van der Waals surface area contributed by atoms with Crippen LogP contribution in [-0.2, 0) is 45.3 Å². The van der Waals surface area contributed by atoms with Gasteiger partial charge in [-0.15, -0.1) is 0 Å². The van der Waals surface area contributed by atoms with Gasteiger partial charge in [-0.2, -0.15) is 14.5 Å². The molecule has 0 spiro atoms. The van der Waals surface area contributed by atoms with E-state index in [2.05, 4.69) is 56.1 Å². The van der Waals surface area contributed by atoms with E-state index in [1.165, 1.54) is 22.6 Å². The first-order valence-electron chi connectivity index (χ1n) is 18.0. The van der Waals surface area contributed by atoms with Crippen molar-refractivity contribution in [2.75, 3.05) is 51.5 Å². The van der Waals surface area contributed by atoms with Crippen LogP contribution in [0.25, 0.3) is 22.7 Å². The number of aromatic nitrogens is 5. The van der Waals surface area contributed by atoms with Crippen LogP contribution in [0.3, 0.4) is 0 Å². The van der Waals surface area contributed by atoms with E-state index >= 15 is 4.39 Å². The van der Waals surface area contributed by atoms with Crippen LogP contribution in [0.1, 0.15) is 31.5 Å². The van der Waals surface area contributed by atoms with E-state index in [0.29, 0.717) is 74.6 Å². The molecule has 270 valence electrons. The highest BCUT2D eigenvalue weighted by atomic mass is 28.3. The van der Waals surface area contributed by atoms with Crippen molar-refractivity contribution in [3.8, 4) is 11.5 Å². The first-order chi connectivity index (χ1) is 23.0. The number of carbonyl (C=O) groups excluding carboxylic acids is 1. The van der Waals surface area contributed by atoms with Crippen molar-refractivity contribution in [2.24, 2.45) is 11.3 Å². The molecule has 2 aliphatic carbocycles. The standard InChI is InChI=1S/C35H56FN7O4Si2/c1-24(41-10-12-45-13-11-41)34(44)40(3)28-19-27-32(38-31(28)36)42(22-46-14-16-48(4,5)6)33(37-27)30-26-18-25-20-35(25,2)21-29(26)43(39-30)23-47-15-17-49(7,8)9/h19,24-25H,10-18,20-23H2,1-9H3/t24-,25+,35+/m0/s1. The average molecular weight is 714 g/mol. The number of rotatable bonds is 14. The molecular weight excluding hydrogens is 658 g/mol. The van der Waals surface area contributed by atoms with Gasteiger partial charge >= 0.3 is 0 Å².